The van der Waals surface area contributed by atoms with E-state index in [1.165, 1.54) is 6.42 Å². The van der Waals surface area contributed by atoms with Gasteiger partial charge in [0, 0.05) is 25.0 Å². The number of fused-ring (bicyclic) bond motifs is 1. The Labute approximate surface area is 143 Å². The Morgan fingerprint density at radius 1 is 1.12 bits per heavy atom. The molecule has 1 fully saturated rings. The Balaban J connectivity index is 1.50. The lowest BCUT2D eigenvalue weighted by Gasteiger charge is -2.26. The molecule has 0 atom stereocenters. The first-order valence-electron chi connectivity index (χ1n) is 8.81. The van der Waals surface area contributed by atoms with Crippen molar-refractivity contribution >= 4 is 11.5 Å². The van der Waals surface area contributed by atoms with E-state index in [1.54, 1.807) is 0 Å². The van der Waals surface area contributed by atoms with Gasteiger partial charge in [-0.05, 0) is 31.5 Å². The van der Waals surface area contributed by atoms with Gasteiger partial charge in [-0.25, -0.2) is 0 Å². The Morgan fingerprint density at radius 2 is 1.92 bits per heavy atom. The lowest BCUT2D eigenvalue weighted by Crippen LogP contribution is -2.36. The normalized spacial score (nSPS) is 16.6. The van der Waals surface area contributed by atoms with Gasteiger partial charge < -0.3 is 10.1 Å². The summed E-state index contributed by atoms with van der Waals surface area (Å²) in [6, 6.07) is 3.93. The highest BCUT2D eigenvalue weighted by Gasteiger charge is 2.21. The molecule has 0 bridgehead atoms. The fourth-order valence-corrected chi connectivity index (χ4v) is 2.85. The number of nitrogens with zero attached hydrogens (tertiary/aromatic N) is 5. The summed E-state index contributed by atoms with van der Waals surface area (Å²) in [5.74, 6) is 1.76. The van der Waals surface area contributed by atoms with Crippen LogP contribution in [-0.4, -0.2) is 64.1 Å². The van der Waals surface area contributed by atoms with Crippen molar-refractivity contribution in [3.8, 4) is 0 Å². The van der Waals surface area contributed by atoms with Crippen LogP contribution in [0.15, 0.2) is 12.1 Å². The van der Waals surface area contributed by atoms with Crippen LogP contribution in [0.5, 0.6) is 0 Å². The molecule has 2 aromatic rings. The third-order valence-electron chi connectivity index (χ3n) is 4.24. The summed E-state index contributed by atoms with van der Waals surface area (Å²) in [5.41, 5.74) is 0.709. The molecule has 0 spiro atoms. The summed E-state index contributed by atoms with van der Waals surface area (Å²) >= 11 is 0. The Morgan fingerprint density at radius 3 is 2.67 bits per heavy atom. The summed E-state index contributed by atoms with van der Waals surface area (Å²) in [7, 11) is 0. The van der Waals surface area contributed by atoms with Gasteiger partial charge >= 0.3 is 0 Å². The molecule has 0 amide bonds. The molecule has 0 radical (unpaired) electrons. The predicted octanol–water partition coefficient (Wildman–Crippen LogP) is 1.95. The topological polar surface area (TPSA) is 67.6 Å². The number of rotatable bonds is 6. The highest BCUT2D eigenvalue weighted by atomic mass is 16.5. The van der Waals surface area contributed by atoms with Crippen molar-refractivity contribution in [2.75, 3.05) is 44.7 Å². The lowest BCUT2D eigenvalue weighted by molar-refractivity contribution is 0.0373. The Kier molecular flexibility index (Phi) is 5.30. The summed E-state index contributed by atoms with van der Waals surface area (Å²) < 4.78 is 7.22. The molecular formula is C17H28N6O. The molecule has 0 saturated carbocycles. The van der Waals surface area contributed by atoms with Crippen LogP contribution in [0.2, 0.25) is 0 Å². The van der Waals surface area contributed by atoms with E-state index in [2.05, 4.69) is 46.3 Å². The summed E-state index contributed by atoms with van der Waals surface area (Å²) in [4.78, 5) is 2.47. The van der Waals surface area contributed by atoms with E-state index in [1.807, 2.05) is 16.6 Å². The molecule has 0 aromatic carbocycles. The molecule has 0 aliphatic carbocycles. The maximum absolute atomic E-state index is 5.37. The van der Waals surface area contributed by atoms with Crippen LogP contribution >= 0.6 is 0 Å². The molecule has 1 aliphatic rings. The van der Waals surface area contributed by atoms with Gasteiger partial charge in [0.25, 0.3) is 0 Å². The van der Waals surface area contributed by atoms with Gasteiger partial charge in [-0.2, -0.15) is 4.52 Å². The third-order valence-corrected chi connectivity index (χ3v) is 4.24. The van der Waals surface area contributed by atoms with E-state index in [4.69, 9.17) is 4.74 Å². The molecule has 132 valence electrons. The van der Waals surface area contributed by atoms with E-state index < -0.39 is 0 Å². The van der Waals surface area contributed by atoms with Crippen LogP contribution in [-0.2, 0) is 10.2 Å². The molecule has 2 aromatic heterocycles. The van der Waals surface area contributed by atoms with Gasteiger partial charge in [0.05, 0.1) is 13.2 Å². The summed E-state index contributed by atoms with van der Waals surface area (Å²) in [6.07, 6.45) is 2.32. The highest BCUT2D eigenvalue weighted by molar-refractivity contribution is 5.44. The second-order valence-corrected chi connectivity index (χ2v) is 7.35. The van der Waals surface area contributed by atoms with Crippen LogP contribution in [0.25, 0.3) is 5.65 Å². The van der Waals surface area contributed by atoms with Crippen LogP contribution in [0.1, 0.15) is 39.4 Å². The van der Waals surface area contributed by atoms with Gasteiger partial charge in [-0.3, -0.25) is 4.90 Å². The maximum atomic E-state index is 5.37. The smallest absolute Gasteiger partial charge is 0.178 e. The third kappa shape index (κ3) is 4.21. The molecular weight excluding hydrogens is 304 g/mol. The predicted molar refractivity (Wildman–Crippen MR) is 94.5 cm³/mol. The molecule has 0 unspecified atom stereocenters. The highest BCUT2D eigenvalue weighted by Crippen LogP contribution is 2.20. The van der Waals surface area contributed by atoms with Crippen LogP contribution in [0, 0.1) is 0 Å². The van der Waals surface area contributed by atoms with E-state index in [0.717, 1.165) is 63.1 Å². The van der Waals surface area contributed by atoms with E-state index in [0.29, 0.717) is 0 Å². The minimum absolute atomic E-state index is 0.0802. The fourth-order valence-electron chi connectivity index (χ4n) is 2.85. The number of aromatic nitrogens is 4. The standard InChI is InChI=1S/C17H28N6O/c1-17(2,3)16-20-19-15-7-6-14(21-23(15)16)18-8-4-5-9-22-10-12-24-13-11-22/h6-7H,4-5,8-13H2,1-3H3,(H,18,21). The zero-order valence-corrected chi connectivity index (χ0v) is 15.0. The van der Waals surface area contributed by atoms with Crippen LogP contribution < -0.4 is 5.32 Å². The second-order valence-electron chi connectivity index (χ2n) is 7.35. The van der Waals surface area contributed by atoms with Crippen molar-refractivity contribution in [2.24, 2.45) is 0 Å². The monoisotopic (exact) mass is 332 g/mol. The number of anilines is 1. The number of ether oxygens (including phenoxy) is 1. The fraction of sp³-hybridized carbons (Fsp3) is 0.706. The van der Waals surface area contributed by atoms with Crippen molar-refractivity contribution in [3.05, 3.63) is 18.0 Å². The molecule has 24 heavy (non-hydrogen) atoms. The van der Waals surface area contributed by atoms with Gasteiger partial charge in [0.15, 0.2) is 11.5 Å². The summed E-state index contributed by atoms with van der Waals surface area (Å²) in [6.45, 7) is 12.3. The number of hydrogen-bond donors (Lipinski definition) is 1. The molecule has 7 nitrogen and oxygen atoms in total. The largest absolute Gasteiger partial charge is 0.379 e. The minimum atomic E-state index is -0.0802. The first-order chi connectivity index (χ1) is 11.5. The van der Waals surface area contributed by atoms with E-state index in [-0.39, 0.29) is 5.41 Å². The zero-order valence-electron chi connectivity index (χ0n) is 15.0. The minimum Gasteiger partial charge on any atom is -0.379 e. The Bertz CT molecular complexity index is 657. The average Bonchev–Trinajstić information content (AvgIpc) is 2.99. The lowest BCUT2D eigenvalue weighted by atomic mass is 9.96. The number of hydrogen-bond acceptors (Lipinski definition) is 6. The molecule has 3 heterocycles. The number of nitrogens with one attached hydrogen (secondary N) is 1. The van der Waals surface area contributed by atoms with Gasteiger partial charge in [0.2, 0.25) is 0 Å². The van der Waals surface area contributed by atoms with E-state index in [9.17, 15) is 0 Å². The number of unbranched alkanes of at least 4 members (excludes halogenated alkanes) is 1. The quantitative estimate of drug-likeness (QED) is 0.816. The van der Waals surface area contributed by atoms with Crippen molar-refractivity contribution in [1.82, 2.24) is 24.7 Å². The SMILES string of the molecule is CC(C)(C)c1nnc2ccc(NCCCCN3CCOCC3)nn12. The van der Waals surface area contributed by atoms with Crippen molar-refractivity contribution in [2.45, 2.75) is 39.0 Å². The molecule has 1 saturated heterocycles. The number of morpholine rings is 1. The van der Waals surface area contributed by atoms with Gasteiger partial charge in [-0.15, -0.1) is 15.3 Å². The average molecular weight is 332 g/mol. The Hall–Kier alpha value is -1.73. The molecule has 7 heteroatoms. The van der Waals surface area contributed by atoms with Crippen LogP contribution in [0.3, 0.4) is 0 Å². The van der Waals surface area contributed by atoms with Crippen molar-refractivity contribution in [3.63, 3.8) is 0 Å². The van der Waals surface area contributed by atoms with Gasteiger partial charge in [0.1, 0.15) is 5.82 Å². The molecule has 3 rings (SSSR count). The van der Waals surface area contributed by atoms with E-state index >= 15 is 0 Å². The zero-order chi connectivity index (χ0) is 17.0. The molecule has 1 aliphatic heterocycles. The maximum Gasteiger partial charge on any atom is 0.178 e. The van der Waals surface area contributed by atoms with Crippen molar-refractivity contribution in [1.29, 1.82) is 0 Å². The first-order valence-corrected chi connectivity index (χ1v) is 8.81. The van der Waals surface area contributed by atoms with Crippen LogP contribution in [0.4, 0.5) is 5.82 Å². The summed E-state index contributed by atoms with van der Waals surface area (Å²) in [5, 5.41) is 16.5. The second kappa shape index (κ2) is 7.44. The first kappa shape index (κ1) is 17.1. The molecule has 1 N–H and O–H groups in total. The van der Waals surface area contributed by atoms with Crippen molar-refractivity contribution < 1.29 is 4.74 Å². The van der Waals surface area contributed by atoms with Gasteiger partial charge in [-0.1, -0.05) is 20.8 Å².